The highest BCUT2D eigenvalue weighted by Crippen LogP contribution is 2.29. The summed E-state index contributed by atoms with van der Waals surface area (Å²) in [5, 5.41) is 0. The minimum absolute atomic E-state index is 0.194. The molecule has 0 amide bonds. The quantitative estimate of drug-likeness (QED) is 0.535. The third-order valence-electron chi connectivity index (χ3n) is 6.34. The van der Waals surface area contributed by atoms with E-state index >= 15 is 0 Å². The summed E-state index contributed by atoms with van der Waals surface area (Å²) in [7, 11) is -4.32. The number of nitrogens with zero attached hydrogens (tertiary/aromatic N) is 2. The molecule has 1 aliphatic rings. The van der Waals surface area contributed by atoms with Crippen molar-refractivity contribution >= 4 is 20.0 Å². The molecule has 3 rings (SSSR count). The van der Waals surface area contributed by atoms with E-state index in [1.165, 1.54) is 18.5 Å². The van der Waals surface area contributed by atoms with E-state index in [9.17, 15) is 16.8 Å². The minimum atomic E-state index is -3.70. The van der Waals surface area contributed by atoms with Gasteiger partial charge >= 0.3 is 0 Å². The van der Waals surface area contributed by atoms with Crippen LogP contribution in [0.4, 0.5) is 0 Å². The molecule has 0 spiro atoms. The molecule has 1 N–H and O–H groups in total. The van der Waals surface area contributed by atoms with E-state index < -0.39 is 20.0 Å². The first-order valence-electron chi connectivity index (χ1n) is 11.4. The van der Waals surface area contributed by atoms with Gasteiger partial charge in [0.1, 0.15) is 11.5 Å². The van der Waals surface area contributed by atoms with E-state index in [1.807, 2.05) is 19.9 Å². The predicted octanol–water partition coefficient (Wildman–Crippen LogP) is 2.22. The number of nitrogens with one attached hydrogen (secondary N) is 1. The van der Waals surface area contributed by atoms with Gasteiger partial charge in [0.15, 0.2) is 0 Å². The van der Waals surface area contributed by atoms with Gasteiger partial charge in [-0.2, -0.15) is 4.31 Å². The summed E-state index contributed by atoms with van der Waals surface area (Å²) in [6, 6.07) is 6.74. The molecule has 0 radical (unpaired) electrons. The summed E-state index contributed by atoms with van der Waals surface area (Å²) in [5.74, 6) is 1.07. The molecule has 11 heteroatoms. The van der Waals surface area contributed by atoms with Crippen LogP contribution in [-0.4, -0.2) is 79.5 Å². The van der Waals surface area contributed by atoms with Gasteiger partial charge in [-0.25, -0.2) is 21.6 Å². The van der Waals surface area contributed by atoms with E-state index in [4.69, 9.17) is 9.47 Å². The monoisotopic (exact) mass is 525 g/mol. The highest BCUT2D eigenvalue weighted by atomic mass is 32.2. The van der Waals surface area contributed by atoms with Gasteiger partial charge in [0.2, 0.25) is 20.0 Å². The molecule has 1 heterocycles. The zero-order chi connectivity index (χ0) is 26.0. The van der Waals surface area contributed by atoms with Crippen molar-refractivity contribution in [2.24, 2.45) is 0 Å². The second-order valence-electron chi connectivity index (χ2n) is 8.82. The van der Waals surface area contributed by atoms with E-state index in [2.05, 4.69) is 9.62 Å². The molecular formula is C24H35N3O6S2. The Hall–Kier alpha value is -2.18. The molecule has 2 aromatic carbocycles. The molecule has 1 saturated heterocycles. The Balaban J connectivity index is 1.60. The fraction of sp³-hybridized carbons (Fsp3) is 0.500. The molecule has 1 fully saturated rings. The molecule has 194 valence electrons. The van der Waals surface area contributed by atoms with Gasteiger partial charge in [0.25, 0.3) is 0 Å². The maximum atomic E-state index is 13.3. The Bertz CT molecular complexity index is 1280. The lowest BCUT2D eigenvalue weighted by Crippen LogP contribution is -2.50. The molecular weight excluding hydrogens is 490 g/mol. The number of benzene rings is 2. The third-order valence-corrected chi connectivity index (χ3v) is 9.99. The van der Waals surface area contributed by atoms with Gasteiger partial charge in [0.05, 0.1) is 24.0 Å². The van der Waals surface area contributed by atoms with Crippen molar-refractivity contribution in [3.8, 4) is 11.5 Å². The lowest BCUT2D eigenvalue weighted by Gasteiger charge is -2.34. The maximum absolute atomic E-state index is 13.3. The van der Waals surface area contributed by atoms with Gasteiger partial charge in [-0.05, 0) is 49.9 Å². The van der Waals surface area contributed by atoms with Crippen LogP contribution in [0.15, 0.2) is 34.1 Å². The van der Waals surface area contributed by atoms with Crippen molar-refractivity contribution in [3.05, 3.63) is 46.5 Å². The lowest BCUT2D eigenvalue weighted by atomic mass is 10.1. The number of piperazine rings is 1. The van der Waals surface area contributed by atoms with Gasteiger partial charge in [0, 0.05) is 51.4 Å². The smallest absolute Gasteiger partial charge is 0.243 e. The number of aryl methyl sites for hydroxylation is 4. The molecule has 0 unspecified atom stereocenters. The summed E-state index contributed by atoms with van der Waals surface area (Å²) < 4.78 is 66.9. The molecule has 35 heavy (non-hydrogen) atoms. The maximum Gasteiger partial charge on any atom is 0.243 e. The van der Waals surface area contributed by atoms with Crippen LogP contribution in [0.2, 0.25) is 0 Å². The number of hydrogen-bond donors (Lipinski definition) is 1. The standard InChI is InChI=1S/C24H35N3O6S2/c1-17-13-19(3)23(15-21(17)32-5)34(28,29)25-7-8-26-9-11-27(12-10-26)35(30,31)24-16-22(33-6)18(2)14-20(24)4/h13-16,25H,7-12H2,1-6H3. The number of methoxy groups -OCH3 is 2. The highest BCUT2D eigenvalue weighted by molar-refractivity contribution is 7.89. The van der Waals surface area contributed by atoms with Crippen LogP contribution >= 0.6 is 0 Å². The normalized spacial score (nSPS) is 15.8. The van der Waals surface area contributed by atoms with Crippen molar-refractivity contribution < 1.29 is 26.3 Å². The molecule has 1 aliphatic heterocycles. The van der Waals surface area contributed by atoms with Gasteiger partial charge in [-0.3, -0.25) is 4.90 Å². The van der Waals surface area contributed by atoms with Crippen LogP contribution in [0, 0.1) is 27.7 Å². The van der Waals surface area contributed by atoms with E-state index in [0.717, 1.165) is 11.1 Å². The fourth-order valence-electron chi connectivity index (χ4n) is 4.38. The van der Waals surface area contributed by atoms with Crippen LogP contribution in [0.5, 0.6) is 11.5 Å². The van der Waals surface area contributed by atoms with Gasteiger partial charge in [-0.15, -0.1) is 0 Å². The Morgan fingerprint density at radius 2 is 1.23 bits per heavy atom. The number of ether oxygens (including phenoxy) is 2. The van der Waals surface area contributed by atoms with E-state index in [-0.39, 0.29) is 16.3 Å². The van der Waals surface area contributed by atoms with Crippen LogP contribution in [-0.2, 0) is 20.0 Å². The summed E-state index contributed by atoms with van der Waals surface area (Å²) >= 11 is 0. The average Bonchev–Trinajstić information content (AvgIpc) is 2.79. The first-order valence-corrected chi connectivity index (χ1v) is 14.4. The van der Waals surface area contributed by atoms with Crippen LogP contribution in [0.1, 0.15) is 22.3 Å². The van der Waals surface area contributed by atoms with Gasteiger partial charge in [-0.1, -0.05) is 12.1 Å². The third kappa shape index (κ3) is 5.97. The average molecular weight is 526 g/mol. The van der Waals surface area contributed by atoms with Crippen molar-refractivity contribution in [2.75, 3.05) is 53.5 Å². The summed E-state index contributed by atoms with van der Waals surface area (Å²) in [5.41, 5.74) is 3.09. The second-order valence-corrected chi connectivity index (χ2v) is 12.5. The molecule has 2 aromatic rings. The van der Waals surface area contributed by atoms with Crippen molar-refractivity contribution in [1.29, 1.82) is 0 Å². The van der Waals surface area contributed by atoms with Crippen molar-refractivity contribution in [2.45, 2.75) is 37.5 Å². The fourth-order valence-corrected chi connectivity index (χ4v) is 7.29. The lowest BCUT2D eigenvalue weighted by molar-refractivity contribution is 0.191. The SMILES string of the molecule is COc1cc(S(=O)(=O)NCCN2CCN(S(=O)(=O)c3cc(OC)c(C)cc3C)CC2)c(C)cc1C. The van der Waals surface area contributed by atoms with Gasteiger partial charge < -0.3 is 9.47 Å². The van der Waals surface area contributed by atoms with Crippen LogP contribution in [0.3, 0.4) is 0 Å². The first-order chi connectivity index (χ1) is 16.4. The Labute approximate surface area is 209 Å². The number of sulfonamides is 2. The Kier molecular flexibility index (Phi) is 8.48. The molecule has 9 nitrogen and oxygen atoms in total. The molecule has 0 aromatic heterocycles. The van der Waals surface area contributed by atoms with Crippen molar-refractivity contribution in [3.63, 3.8) is 0 Å². The largest absolute Gasteiger partial charge is 0.496 e. The molecule has 0 atom stereocenters. The van der Waals surface area contributed by atoms with Crippen LogP contribution in [0.25, 0.3) is 0 Å². The molecule has 0 saturated carbocycles. The molecule has 0 bridgehead atoms. The number of rotatable bonds is 9. The topological polar surface area (TPSA) is 105 Å². The van der Waals surface area contributed by atoms with Crippen LogP contribution < -0.4 is 14.2 Å². The van der Waals surface area contributed by atoms with Crippen molar-refractivity contribution in [1.82, 2.24) is 13.9 Å². The second kappa shape index (κ2) is 10.8. The Morgan fingerprint density at radius 3 is 1.74 bits per heavy atom. The zero-order valence-electron chi connectivity index (χ0n) is 21.2. The Morgan fingerprint density at radius 1 is 0.743 bits per heavy atom. The minimum Gasteiger partial charge on any atom is -0.496 e. The summed E-state index contributed by atoms with van der Waals surface area (Å²) in [4.78, 5) is 2.50. The first kappa shape index (κ1) is 27.4. The highest BCUT2D eigenvalue weighted by Gasteiger charge is 2.30. The number of hydrogen-bond acceptors (Lipinski definition) is 7. The zero-order valence-corrected chi connectivity index (χ0v) is 22.8. The predicted molar refractivity (Wildman–Crippen MR) is 135 cm³/mol. The summed E-state index contributed by atoms with van der Waals surface area (Å²) in [6.45, 7) is 9.68. The van der Waals surface area contributed by atoms with E-state index in [0.29, 0.717) is 55.3 Å². The molecule has 0 aliphatic carbocycles. The van der Waals surface area contributed by atoms with E-state index in [1.54, 1.807) is 32.0 Å². The summed E-state index contributed by atoms with van der Waals surface area (Å²) in [6.07, 6.45) is 0.